The highest BCUT2D eigenvalue weighted by Gasteiger charge is 2.65. The Morgan fingerprint density at radius 2 is 1.73 bits per heavy atom. The number of aliphatic hydroxyl groups excluding tert-OH is 1. The number of hydrogen-bond acceptors (Lipinski definition) is 2. The van der Waals surface area contributed by atoms with Gasteiger partial charge in [-0.25, -0.2) is 9.18 Å². The molecule has 1 aromatic carbocycles. The van der Waals surface area contributed by atoms with Gasteiger partial charge in [-0.15, -0.1) is 0 Å². The van der Waals surface area contributed by atoms with Crippen LogP contribution in [0.5, 0.6) is 0 Å². The van der Waals surface area contributed by atoms with E-state index in [0.717, 1.165) is 23.8 Å². The molecule has 8 atom stereocenters. The average molecular weight is 509 g/mol. The van der Waals surface area contributed by atoms with Crippen LogP contribution in [0.3, 0.4) is 0 Å². The topological polar surface area (TPSA) is 57.5 Å². The Morgan fingerprint density at radius 1 is 0.946 bits per heavy atom. The summed E-state index contributed by atoms with van der Waals surface area (Å²) in [6.07, 6.45) is 14.6. The highest BCUT2D eigenvalue weighted by Crippen LogP contribution is 2.73. The largest absolute Gasteiger partial charge is 0.478 e. The monoisotopic (exact) mass is 508 g/mol. The van der Waals surface area contributed by atoms with Gasteiger partial charge in [-0.3, -0.25) is 0 Å². The first kappa shape index (κ1) is 25.6. The van der Waals surface area contributed by atoms with Crippen LogP contribution in [0.25, 0.3) is 5.57 Å². The number of allylic oxidation sites excluding steroid dienone is 2. The van der Waals surface area contributed by atoms with Crippen LogP contribution in [0.4, 0.5) is 4.39 Å². The quantitative estimate of drug-likeness (QED) is 0.435. The van der Waals surface area contributed by atoms with Crippen molar-refractivity contribution in [3.8, 4) is 0 Å². The molecule has 6 rings (SSSR count). The summed E-state index contributed by atoms with van der Waals surface area (Å²) in [6.45, 7) is 10.1. The molecule has 5 aliphatic carbocycles. The molecule has 4 heteroatoms. The molecule has 37 heavy (non-hydrogen) atoms. The van der Waals surface area contributed by atoms with Crippen molar-refractivity contribution >= 4 is 11.5 Å². The maximum atomic E-state index is 15.2. The molecule has 0 aliphatic heterocycles. The number of carboxylic acid groups (broad SMARTS) is 1. The summed E-state index contributed by atoms with van der Waals surface area (Å²) >= 11 is 0. The van der Waals surface area contributed by atoms with Gasteiger partial charge in [0.15, 0.2) is 0 Å². The van der Waals surface area contributed by atoms with Crippen molar-refractivity contribution in [1.29, 1.82) is 0 Å². The van der Waals surface area contributed by atoms with E-state index in [1.54, 1.807) is 12.1 Å². The molecular formula is C33H45FO3. The number of aliphatic hydroxyl groups is 1. The molecule has 4 fully saturated rings. The van der Waals surface area contributed by atoms with Gasteiger partial charge in [0.1, 0.15) is 5.82 Å². The second-order valence-electron chi connectivity index (χ2n) is 14.6. The van der Waals surface area contributed by atoms with Crippen molar-refractivity contribution in [2.75, 3.05) is 6.61 Å². The van der Waals surface area contributed by atoms with Gasteiger partial charge in [-0.05, 0) is 127 Å². The Hall–Kier alpha value is -1.68. The molecule has 0 saturated heterocycles. The highest BCUT2D eigenvalue weighted by molar-refractivity contribution is 5.88. The molecule has 0 radical (unpaired) electrons. The molecule has 0 spiro atoms. The van der Waals surface area contributed by atoms with Crippen molar-refractivity contribution in [3.05, 3.63) is 41.2 Å². The van der Waals surface area contributed by atoms with Gasteiger partial charge in [0.05, 0.1) is 5.56 Å². The van der Waals surface area contributed by atoms with E-state index in [1.165, 1.54) is 63.9 Å². The smallest absolute Gasteiger partial charge is 0.335 e. The van der Waals surface area contributed by atoms with Gasteiger partial charge in [0.25, 0.3) is 0 Å². The normalized spacial score (nSPS) is 44.2. The van der Waals surface area contributed by atoms with Crippen LogP contribution in [0.2, 0.25) is 0 Å². The van der Waals surface area contributed by atoms with Gasteiger partial charge in [-0.1, -0.05) is 46.3 Å². The van der Waals surface area contributed by atoms with E-state index >= 15 is 4.39 Å². The van der Waals surface area contributed by atoms with E-state index in [-0.39, 0.29) is 21.8 Å². The van der Waals surface area contributed by atoms with Crippen LogP contribution in [0.15, 0.2) is 24.3 Å². The molecule has 4 unspecified atom stereocenters. The van der Waals surface area contributed by atoms with E-state index in [2.05, 4.69) is 33.8 Å². The summed E-state index contributed by atoms with van der Waals surface area (Å²) in [7, 11) is 0. The minimum atomic E-state index is -1.09. The SMILES string of the molecule is CC1(C)C(c2ccc(C(=O)O)cc2F)=CC[C@@]2(C)C1CC[C@@]1(C)C3CC[C@@]4(CO)CCCC4[C@H]3CCC12. The predicted molar refractivity (Wildman–Crippen MR) is 144 cm³/mol. The molecule has 0 heterocycles. The summed E-state index contributed by atoms with van der Waals surface area (Å²) < 4.78 is 15.2. The van der Waals surface area contributed by atoms with Crippen LogP contribution in [0, 0.1) is 57.1 Å². The number of carboxylic acids is 1. The molecule has 1 aromatic rings. The lowest BCUT2D eigenvalue weighted by Crippen LogP contribution is -2.61. The first-order valence-electron chi connectivity index (χ1n) is 14.8. The van der Waals surface area contributed by atoms with Crippen LogP contribution in [-0.4, -0.2) is 22.8 Å². The zero-order valence-corrected chi connectivity index (χ0v) is 23.2. The molecule has 202 valence electrons. The van der Waals surface area contributed by atoms with Gasteiger partial charge < -0.3 is 10.2 Å². The first-order valence-corrected chi connectivity index (χ1v) is 14.8. The van der Waals surface area contributed by atoms with Crippen molar-refractivity contribution in [3.63, 3.8) is 0 Å². The number of fused-ring (bicyclic) bond motifs is 7. The number of rotatable bonds is 3. The molecule has 3 nitrogen and oxygen atoms in total. The van der Waals surface area contributed by atoms with E-state index in [1.807, 2.05) is 0 Å². The zero-order chi connectivity index (χ0) is 26.4. The van der Waals surface area contributed by atoms with E-state index in [4.69, 9.17) is 0 Å². The lowest BCUT2D eigenvalue weighted by atomic mass is 9.36. The standard InChI is InChI=1S/C33H45FO3/c1-30(2)23(22-8-7-20(29(36)37)18-26(22)34)11-15-32(4)27(30)13-16-31(3)24-12-17-33(19-35)14-5-6-25(33)21(24)9-10-28(31)32/h7-8,11,18,21,24-25,27-28,35H,5-6,9-10,12-17,19H2,1-4H3,(H,36,37)/t21-,24?,25?,27?,28?,31-,32-,33+/m0/s1. The molecule has 2 N–H and O–H groups in total. The Balaban J connectivity index is 1.33. The molecule has 5 aliphatic rings. The Bertz CT molecular complexity index is 1140. The Kier molecular flexibility index (Phi) is 5.81. The molecule has 0 bridgehead atoms. The summed E-state index contributed by atoms with van der Waals surface area (Å²) in [6, 6.07) is 4.41. The fourth-order valence-electron chi connectivity index (χ4n) is 11.6. The van der Waals surface area contributed by atoms with Crippen molar-refractivity contribution in [2.45, 2.75) is 91.9 Å². The molecule has 4 saturated carbocycles. The lowest BCUT2D eigenvalue weighted by molar-refractivity contribution is -0.181. The lowest BCUT2D eigenvalue weighted by Gasteiger charge is -2.68. The van der Waals surface area contributed by atoms with Crippen molar-refractivity contribution in [1.82, 2.24) is 0 Å². The van der Waals surface area contributed by atoms with Crippen LogP contribution < -0.4 is 0 Å². The minimum absolute atomic E-state index is 0.00505. The maximum absolute atomic E-state index is 15.2. The number of benzene rings is 1. The van der Waals surface area contributed by atoms with Crippen LogP contribution in [-0.2, 0) is 0 Å². The Morgan fingerprint density at radius 3 is 2.43 bits per heavy atom. The van der Waals surface area contributed by atoms with E-state index < -0.39 is 11.8 Å². The van der Waals surface area contributed by atoms with Crippen LogP contribution in [0.1, 0.15) is 108 Å². The van der Waals surface area contributed by atoms with Gasteiger partial charge >= 0.3 is 5.97 Å². The zero-order valence-electron chi connectivity index (χ0n) is 23.2. The summed E-state index contributed by atoms with van der Waals surface area (Å²) in [5.74, 6) is 1.88. The second-order valence-corrected chi connectivity index (χ2v) is 14.6. The fraction of sp³-hybridized carbons (Fsp3) is 0.727. The van der Waals surface area contributed by atoms with Crippen molar-refractivity contribution < 1.29 is 19.4 Å². The highest BCUT2D eigenvalue weighted by atomic mass is 19.1. The van der Waals surface area contributed by atoms with E-state index in [9.17, 15) is 15.0 Å². The van der Waals surface area contributed by atoms with Gasteiger partial charge in [-0.2, -0.15) is 0 Å². The minimum Gasteiger partial charge on any atom is -0.478 e. The molecule has 0 amide bonds. The fourth-order valence-corrected chi connectivity index (χ4v) is 11.6. The average Bonchev–Trinajstić information content (AvgIpc) is 3.29. The predicted octanol–water partition coefficient (Wildman–Crippen LogP) is 7.97. The Labute approximate surface area is 221 Å². The third-order valence-corrected chi connectivity index (χ3v) is 13.1. The number of halogens is 1. The third-order valence-electron chi connectivity index (χ3n) is 13.1. The third kappa shape index (κ3) is 3.42. The van der Waals surface area contributed by atoms with Gasteiger partial charge in [0.2, 0.25) is 0 Å². The summed E-state index contributed by atoms with van der Waals surface area (Å²) in [4.78, 5) is 11.4. The van der Waals surface area contributed by atoms with Crippen molar-refractivity contribution in [2.24, 2.45) is 51.2 Å². The summed E-state index contributed by atoms with van der Waals surface area (Å²) in [5, 5.41) is 19.7. The first-order chi connectivity index (χ1) is 17.5. The summed E-state index contributed by atoms with van der Waals surface area (Å²) in [5.41, 5.74) is 2.18. The molecule has 0 aromatic heterocycles. The number of hydrogen-bond donors (Lipinski definition) is 2. The van der Waals surface area contributed by atoms with Gasteiger partial charge in [0, 0.05) is 12.2 Å². The van der Waals surface area contributed by atoms with Crippen LogP contribution >= 0.6 is 0 Å². The number of carbonyl (C=O) groups is 1. The second kappa shape index (κ2) is 8.41. The maximum Gasteiger partial charge on any atom is 0.335 e. The number of aromatic carboxylic acids is 1. The molecular weight excluding hydrogens is 463 g/mol. The van der Waals surface area contributed by atoms with E-state index in [0.29, 0.717) is 35.3 Å².